The first-order valence-corrected chi connectivity index (χ1v) is 13.3. The summed E-state index contributed by atoms with van der Waals surface area (Å²) in [5.41, 5.74) is -1.43. The van der Waals surface area contributed by atoms with Gasteiger partial charge in [0.1, 0.15) is 17.2 Å². The summed E-state index contributed by atoms with van der Waals surface area (Å²) in [6, 6.07) is 8.34. The second kappa shape index (κ2) is 14.8. The Kier molecular flexibility index (Phi) is 11.4. The molecule has 0 saturated heterocycles. The van der Waals surface area contributed by atoms with Gasteiger partial charge in [-0.05, 0) is 67.9 Å². The molecule has 8 nitrogen and oxygen atoms in total. The molecule has 2 atom stereocenters. The number of hydrogen-bond donors (Lipinski definition) is 0. The molecule has 3 rings (SSSR count). The Bertz CT molecular complexity index is 1380. The van der Waals surface area contributed by atoms with E-state index in [2.05, 4.69) is 4.98 Å². The summed E-state index contributed by atoms with van der Waals surface area (Å²) in [6.07, 6.45) is -6.84. The summed E-state index contributed by atoms with van der Waals surface area (Å²) in [4.78, 5) is 31.6. The van der Waals surface area contributed by atoms with Crippen molar-refractivity contribution in [2.24, 2.45) is 0 Å². The molecule has 0 aliphatic carbocycles. The van der Waals surface area contributed by atoms with E-state index in [1.165, 1.54) is 30.5 Å². The largest absolute Gasteiger partial charge is 0.496 e. The maximum atomic E-state index is 13.3. The van der Waals surface area contributed by atoms with Crippen molar-refractivity contribution in [1.29, 1.82) is 0 Å². The predicted molar refractivity (Wildman–Crippen MR) is 145 cm³/mol. The molecule has 44 heavy (non-hydrogen) atoms. The first kappa shape index (κ1) is 34.0. The van der Waals surface area contributed by atoms with Crippen molar-refractivity contribution < 1.29 is 54.9 Å². The highest BCUT2D eigenvalue weighted by Crippen LogP contribution is 2.33. The summed E-state index contributed by atoms with van der Waals surface area (Å²) in [7, 11) is 1.39. The standard InChI is InChI=1S/C30H30F6N2O6/c1-4-15-38(26(39)17-42-22-9-5-20(6-10-22)29(31,32)33)19(2)28(24-16-37-14-13-25(24)41-3)44-27(40)18-43-23-11-7-21(8-12-23)30(34,35)36/h5-14,16,19,28H,4,15,17-18H2,1-3H3. The highest BCUT2D eigenvalue weighted by molar-refractivity contribution is 5.78. The van der Waals surface area contributed by atoms with E-state index < -0.39 is 60.7 Å². The molecule has 2 unspecified atom stereocenters. The van der Waals surface area contributed by atoms with Crippen LogP contribution >= 0.6 is 0 Å². The predicted octanol–water partition coefficient (Wildman–Crippen LogP) is 6.50. The van der Waals surface area contributed by atoms with Crippen LogP contribution in [-0.4, -0.2) is 54.7 Å². The zero-order valence-corrected chi connectivity index (χ0v) is 23.9. The first-order valence-electron chi connectivity index (χ1n) is 13.3. The number of carbonyl (C=O) groups is 2. The Morgan fingerprint density at radius 3 is 1.84 bits per heavy atom. The van der Waals surface area contributed by atoms with Crippen molar-refractivity contribution in [2.75, 3.05) is 26.9 Å². The van der Waals surface area contributed by atoms with Crippen LogP contribution in [0.3, 0.4) is 0 Å². The number of nitrogens with zero attached hydrogens (tertiary/aromatic N) is 2. The molecular formula is C30H30F6N2O6. The van der Waals surface area contributed by atoms with Crippen molar-refractivity contribution in [1.82, 2.24) is 9.88 Å². The van der Waals surface area contributed by atoms with Crippen LogP contribution in [0.1, 0.15) is 43.1 Å². The summed E-state index contributed by atoms with van der Waals surface area (Å²) in [6.45, 7) is 2.46. The summed E-state index contributed by atoms with van der Waals surface area (Å²) >= 11 is 0. The van der Waals surface area contributed by atoms with Gasteiger partial charge in [0.25, 0.3) is 5.91 Å². The third-order valence-corrected chi connectivity index (χ3v) is 6.39. The number of pyridine rings is 1. The van der Waals surface area contributed by atoms with E-state index in [1.54, 1.807) is 6.92 Å². The van der Waals surface area contributed by atoms with Crippen LogP contribution in [0.15, 0.2) is 67.0 Å². The summed E-state index contributed by atoms with van der Waals surface area (Å²) in [5.74, 6) is -1.07. The fourth-order valence-electron chi connectivity index (χ4n) is 4.20. The number of esters is 1. The number of aromatic nitrogens is 1. The zero-order valence-electron chi connectivity index (χ0n) is 23.9. The molecule has 0 radical (unpaired) electrons. The van der Waals surface area contributed by atoms with Gasteiger partial charge in [-0.1, -0.05) is 6.92 Å². The molecule has 238 valence electrons. The minimum absolute atomic E-state index is 0.00158. The van der Waals surface area contributed by atoms with Gasteiger partial charge in [0.15, 0.2) is 19.3 Å². The third-order valence-electron chi connectivity index (χ3n) is 6.39. The van der Waals surface area contributed by atoms with Gasteiger partial charge in [0, 0.05) is 18.9 Å². The van der Waals surface area contributed by atoms with Crippen LogP contribution in [0, 0.1) is 0 Å². The lowest BCUT2D eigenvalue weighted by atomic mass is 10.0. The Morgan fingerprint density at radius 1 is 0.841 bits per heavy atom. The fourth-order valence-corrected chi connectivity index (χ4v) is 4.20. The number of hydrogen-bond acceptors (Lipinski definition) is 7. The Labute approximate surface area is 249 Å². The van der Waals surface area contributed by atoms with Gasteiger partial charge in [-0.3, -0.25) is 9.78 Å². The molecule has 0 aliphatic heterocycles. The van der Waals surface area contributed by atoms with E-state index >= 15 is 0 Å². The second-order valence-corrected chi connectivity index (χ2v) is 9.48. The van der Waals surface area contributed by atoms with Crippen molar-refractivity contribution in [2.45, 2.75) is 44.8 Å². The van der Waals surface area contributed by atoms with Crippen LogP contribution in [-0.2, 0) is 26.7 Å². The fraction of sp³-hybridized carbons (Fsp3) is 0.367. The van der Waals surface area contributed by atoms with E-state index in [-0.39, 0.29) is 18.0 Å². The van der Waals surface area contributed by atoms with Crippen LogP contribution < -0.4 is 14.2 Å². The number of rotatable bonds is 13. The third kappa shape index (κ3) is 9.25. The number of halogens is 6. The van der Waals surface area contributed by atoms with Gasteiger partial charge in [-0.15, -0.1) is 0 Å². The molecular weight excluding hydrogens is 598 g/mol. The van der Waals surface area contributed by atoms with E-state index in [0.29, 0.717) is 17.7 Å². The van der Waals surface area contributed by atoms with E-state index in [9.17, 15) is 35.9 Å². The maximum absolute atomic E-state index is 13.3. The maximum Gasteiger partial charge on any atom is 0.416 e. The van der Waals surface area contributed by atoms with Gasteiger partial charge in [0.2, 0.25) is 0 Å². The van der Waals surface area contributed by atoms with E-state index in [1.807, 2.05) is 6.92 Å². The zero-order chi connectivity index (χ0) is 32.5. The molecule has 1 heterocycles. The molecule has 0 N–H and O–H groups in total. The molecule has 3 aromatic rings. The Hall–Kier alpha value is -4.49. The average molecular weight is 629 g/mol. The van der Waals surface area contributed by atoms with Crippen LogP contribution in [0.25, 0.3) is 0 Å². The molecule has 1 aromatic heterocycles. The van der Waals surface area contributed by atoms with Crippen molar-refractivity contribution in [3.63, 3.8) is 0 Å². The summed E-state index contributed by atoms with van der Waals surface area (Å²) in [5, 5.41) is 0. The van der Waals surface area contributed by atoms with E-state index in [0.717, 1.165) is 48.5 Å². The highest BCUT2D eigenvalue weighted by atomic mass is 19.4. The highest BCUT2D eigenvalue weighted by Gasteiger charge is 2.34. The lowest BCUT2D eigenvalue weighted by Gasteiger charge is -2.34. The second-order valence-electron chi connectivity index (χ2n) is 9.48. The Balaban J connectivity index is 1.77. The molecule has 2 aromatic carbocycles. The minimum Gasteiger partial charge on any atom is -0.496 e. The number of benzene rings is 2. The number of ether oxygens (including phenoxy) is 4. The van der Waals surface area contributed by atoms with Crippen molar-refractivity contribution in [3.05, 3.63) is 83.7 Å². The van der Waals surface area contributed by atoms with Gasteiger partial charge < -0.3 is 23.8 Å². The monoisotopic (exact) mass is 628 g/mol. The molecule has 0 spiro atoms. The topological polar surface area (TPSA) is 87.2 Å². The minimum atomic E-state index is -4.53. The number of methoxy groups -OCH3 is 1. The quantitative estimate of drug-likeness (QED) is 0.158. The molecule has 0 saturated carbocycles. The molecule has 14 heteroatoms. The molecule has 1 amide bonds. The number of amides is 1. The van der Waals surface area contributed by atoms with Crippen LogP contribution in [0.5, 0.6) is 17.2 Å². The van der Waals surface area contributed by atoms with E-state index in [4.69, 9.17) is 18.9 Å². The first-order chi connectivity index (χ1) is 20.7. The van der Waals surface area contributed by atoms with Gasteiger partial charge in [-0.2, -0.15) is 26.3 Å². The van der Waals surface area contributed by atoms with Gasteiger partial charge in [0.05, 0.1) is 29.8 Å². The number of carbonyl (C=O) groups excluding carboxylic acids is 2. The molecule has 0 aliphatic rings. The van der Waals surface area contributed by atoms with Gasteiger partial charge >= 0.3 is 18.3 Å². The van der Waals surface area contributed by atoms with Gasteiger partial charge in [-0.25, -0.2) is 4.79 Å². The average Bonchev–Trinajstić information content (AvgIpc) is 2.99. The lowest BCUT2D eigenvalue weighted by Crippen LogP contribution is -2.46. The SMILES string of the molecule is CCCN(C(=O)COc1ccc(C(F)(F)F)cc1)C(C)C(OC(=O)COc1ccc(C(F)(F)F)cc1)c1cnccc1OC. The lowest BCUT2D eigenvalue weighted by molar-refractivity contribution is -0.158. The molecule has 0 bridgehead atoms. The molecule has 0 fully saturated rings. The Morgan fingerprint density at radius 2 is 1.36 bits per heavy atom. The van der Waals surface area contributed by atoms with Crippen LogP contribution in [0.2, 0.25) is 0 Å². The van der Waals surface area contributed by atoms with Crippen molar-refractivity contribution in [3.8, 4) is 17.2 Å². The smallest absolute Gasteiger partial charge is 0.416 e. The number of alkyl halides is 6. The van der Waals surface area contributed by atoms with Crippen LogP contribution in [0.4, 0.5) is 26.3 Å². The normalized spacial score (nSPS) is 13.0. The summed E-state index contributed by atoms with van der Waals surface area (Å²) < 4.78 is 99.0. The van der Waals surface area contributed by atoms with Crippen molar-refractivity contribution >= 4 is 11.9 Å².